The Bertz CT molecular complexity index is 554. The second-order valence-electron chi connectivity index (χ2n) is 5.06. The number of hydrogen-bond acceptors (Lipinski definition) is 4. The Balaban J connectivity index is 2.18. The SMILES string of the molecule is CCCNC(Cc1cnccc1N)c1ccc(SC)cc1. The van der Waals surface area contributed by atoms with Crippen molar-refractivity contribution in [1.29, 1.82) is 0 Å². The van der Waals surface area contributed by atoms with Gasteiger partial charge in [-0.15, -0.1) is 11.8 Å². The molecule has 0 bridgehead atoms. The summed E-state index contributed by atoms with van der Waals surface area (Å²) in [6.45, 7) is 3.18. The van der Waals surface area contributed by atoms with Crippen LogP contribution in [0.15, 0.2) is 47.6 Å². The molecule has 0 fully saturated rings. The molecule has 0 spiro atoms. The zero-order valence-electron chi connectivity index (χ0n) is 12.7. The second-order valence-corrected chi connectivity index (χ2v) is 5.94. The maximum absolute atomic E-state index is 6.05. The monoisotopic (exact) mass is 301 g/mol. The molecular weight excluding hydrogens is 278 g/mol. The second kappa shape index (κ2) is 8.05. The fraction of sp³-hybridized carbons (Fsp3) is 0.353. The Morgan fingerprint density at radius 1 is 1.24 bits per heavy atom. The van der Waals surface area contributed by atoms with Crippen molar-refractivity contribution >= 4 is 17.4 Å². The number of anilines is 1. The van der Waals surface area contributed by atoms with Gasteiger partial charge in [0.1, 0.15) is 0 Å². The van der Waals surface area contributed by atoms with Crippen LogP contribution in [-0.4, -0.2) is 17.8 Å². The predicted molar refractivity (Wildman–Crippen MR) is 91.6 cm³/mol. The summed E-state index contributed by atoms with van der Waals surface area (Å²) >= 11 is 1.76. The minimum atomic E-state index is 0.271. The van der Waals surface area contributed by atoms with E-state index in [1.165, 1.54) is 10.5 Å². The Labute approximate surface area is 131 Å². The highest BCUT2D eigenvalue weighted by Gasteiger charge is 2.13. The summed E-state index contributed by atoms with van der Waals surface area (Å²) in [4.78, 5) is 5.47. The minimum Gasteiger partial charge on any atom is -0.398 e. The lowest BCUT2D eigenvalue weighted by molar-refractivity contribution is 0.529. The molecule has 1 aromatic heterocycles. The summed E-state index contributed by atoms with van der Waals surface area (Å²) in [6.07, 6.45) is 7.67. The summed E-state index contributed by atoms with van der Waals surface area (Å²) in [5.41, 5.74) is 9.26. The lowest BCUT2D eigenvalue weighted by Crippen LogP contribution is -2.24. The minimum absolute atomic E-state index is 0.271. The molecule has 1 atom stereocenters. The van der Waals surface area contributed by atoms with Gasteiger partial charge in [-0.1, -0.05) is 19.1 Å². The van der Waals surface area contributed by atoms with Crippen LogP contribution < -0.4 is 11.1 Å². The highest BCUT2D eigenvalue weighted by molar-refractivity contribution is 7.98. The largest absolute Gasteiger partial charge is 0.398 e. The van der Waals surface area contributed by atoms with E-state index >= 15 is 0 Å². The summed E-state index contributed by atoms with van der Waals surface area (Å²) in [5.74, 6) is 0. The summed E-state index contributed by atoms with van der Waals surface area (Å²) in [7, 11) is 0. The first-order chi connectivity index (χ1) is 10.2. The van der Waals surface area contributed by atoms with Crippen molar-refractivity contribution in [3.63, 3.8) is 0 Å². The quantitative estimate of drug-likeness (QED) is 0.766. The standard InChI is InChI=1S/C17H23N3S/c1-3-9-20-17(11-14-12-19-10-8-16(14)18)13-4-6-15(21-2)7-5-13/h4-8,10,12,17,20H,3,9,11H2,1-2H3,(H2,18,19). The van der Waals surface area contributed by atoms with E-state index in [9.17, 15) is 0 Å². The third-order valence-corrected chi connectivity index (χ3v) is 4.27. The van der Waals surface area contributed by atoms with Gasteiger partial charge in [0.2, 0.25) is 0 Å². The van der Waals surface area contributed by atoms with E-state index in [1.54, 1.807) is 18.0 Å². The van der Waals surface area contributed by atoms with Crippen LogP contribution in [0.25, 0.3) is 0 Å². The van der Waals surface area contributed by atoms with E-state index in [2.05, 4.69) is 47.7 Å². The molecule has 0 aliphatic heterocycles. The first-order valence-electron chi connectivity index (χ1n) is 7.30. The van der Waals surface area contributed by atoms with Crippen LogP contribution >= 0.6 is 11.8 Å². The first-order valence-corrected chi connectivity index (χ1v) is 8.52. The molecule has 4 heteroatoms. The highest BCUT2D eigenvalue weighted by Crippen LogP contribution is 2.23. The lowest BCUT2D eigenvalue weighted by atomic mass is 9.99. The van der Waals surface area contributed by atoms with Gasteiger partial charge in [-0.3, -0.25) is 4.98 Å². The van der Waals surface area contributed by atoms with Crippen LogP contribution in [0, 0.1) is 0 Å². The molecule has 1 unspecified atom stereocenters. The van der Waals surface area contributed by atoms with Crippen LogP contribution in [0.3, 0.4) is 0 Å². The van der Waals surface area contributed by atoms with Crippen molar-refractivity contribution < 1.29 is 0 Å². The fourth-order valence-corrected chi connectivity index (χ4v) is 2.70. The van der Waals surface area contributed by atoms with Crippen molar-refractivity contribution in [2.75, 3.05) is 18.5 Å². The van der Waals surface area contributed by atoms with Crippen molar-refractivity contribution in [3.05, 3.63) is 53.9 Å². The number of nitrogen functional groups attached to an aromatic ring is 1. The number of thioether (sulfide) groups is 1. The number of aromatic nitrogens is 1. The summed E-state index contributed by atoms with van der Waals surface area (Å²) < 4.78 is 0. The van der Waals surface area contributed by atoms with Crippen molar-refractivity contribution in [1.82, 2.24) is 10.3 Å². The Morgan fingerprint density at radius 3 is 2.62 bits per heavy atom. The Morgan fingerprint density at radius 2 is 2.00 bits per heavy atom. The fourth-order valence-electron chi connectivity index (χ4n) is 2.29. The van der Waals surface area contributed by atoms with Crippen molar-refractivity contribution in [3.8, 4) is 0 Å². The highest BCUT2D eigenvalue weighted by atomic mass is 32.2. The predicted octanol–water partition coefficient (Wildman–Crippen LogP) is 3.67. The summed E-state index contributed by atoms with van der Waals surface area (Å²) in [5, 5.41) is 3.61. The van der Waals surface area contributed by atoms with Gasteiger partial charge >= 0.3 is 0 Å². The molecule has 0 aliphatic carbocycles. The zero-order chi connectivity index (χ0) is 15.1. The van der Waals surface area contributed by atoms with E-state index in [-0.39, 0.29) is 6.04 Å². The number of benzene rings is 1. The topological polar surface area (TPSA) is 50.9 Å². The normalized spacial score (nSPS) is 12.3. The van der Waals surface area contributed by atoms with Crippen LogP contribution in [0.1, 0.15) is 30.5 Å². The molecule has 2 rings (SSSR count). The molecule has 21 heavy (non-hydrogen) atoms. The maximum atomic E-state index is 6.05. The molecule has 1 heterocycles. The molecule has 0 saturated carbocycles. The van der Waals surface area contributed by atoms with Gasteiger partial charge in [0.05, 0.1) is 0 Å². The Hall–Kier alpha value is -1.52. The van der Waals surface area contributed by atoms with Gasteiger partial charge in [-0.25, -0.2) is 0 Å². The maximum Gasteiger partial charge on any atom is 0.0378 e. The van der Waals surface area contributed by atoms with Crippen LogP contribution in [0.2, 0.25) is 0 Å². The van der Waals surface area contributed by atoms with E-state index in [0.717, 1.165) is 30.6 Å². The zero-order valence-corrected chi connectivity index (χ0v) is 13.5. The molecule has 0 radical (unpaired) electrons. The lowest BCUT2D eigenvalue weighted by Gasteiger charge is -2.20. The van der Waals surface area contributed by atoms with E-state index in [0.29, 0.717) is 0 Å². The molecule has 0 amide bonds. The Kier molecular flexibility index (Phi) is 6.08. The van der Waals surface area contributed by atoms with Gasteiger partial charge < -0.3 is 11.1 Å². The van der Waals surface area contributed by atoms with Gasteiger partial charge in [-0.05, 0) is 55.0 Å². The van der Waals surface area contributed by atoms with Crippen LogP contribution in [0.4, 0.5) is 5.69 Å². The smallest absolute Gasteiger partial charge is 0.0378 e. The summed E-state index contributed by atoms with van der Waals surface area (Å²) in [6, 6.07) is 10.9. The number of pyridine rings is 1. The van der Waals surface area contributed by atoms with Crippen molar-refractivity contribution in [2.24, 2.45) is 0 Å². The number of hydrogen-bond donors (Lipinski definition) is 2. The van der Waals surface area contributed by atoms with Gasteiger partial charge in [-0.2, -0.15) is 0 Å². The molecule has 3 N–H and O–H groups in total. The first kappa shape index (κ1) is 15.9. The third kappa shape index (κ3) is 4.48. The number of nitrogens with two attached hydrogens (primary N) is 1. The molecule has 0 aliphatic rings. The number of nitrogens with one attached hydrogen (secondary N) is 1. The van der Waals surface area contributed by atoms with E-state index < -0.39 is 0 Å². The van der Waals surface area contributed by atoms with Gasteiger partial charge in [0.15, 0.2) is 0 Å². The van der Waals surface area contributed by atoms with Crippen LogP contribution in [0.5, 0.6) is 0 Å². The molecule has 2 aromatic rings. The van der Waals surface area contributed by atoms with Gasteiger partial charge in [0, 0.05) is 29.0 Å². The number of rotatable bonds is 7. The average Bonchev–Trinajstić information content (AvgIpc) is 2.53. The number of nitrogens with zero attached hydrogens (tertiary/aromatic N) is 1. The van der Waals surface area contributed by atoms with Crippen molar-refractivity contribution in [2.45, 2.75) is 30.7 Å². The average molecular weight is 301 g/mol. The van der Waals surface area contributed by atoms with Crippen LogP contribution in [-0.2, 0) is 6.42 Å². The van der Waals surface area contributed by atoms with E-state index in [1.807, 2.05) is 12.3 Å². The van der Waals surface area contributed by atoms with Gasteiger partial charge in [0.25, 0.3) is 0 Å². The van der Waals surface area contributed by atoms with E-state index in [4.69, 9.17) is 5.73 Å². The molecule has 1 aromatic carbocycles. The molecule has 3 nitrogen and oxygen atoms in total. The third-order valence-electron chi connectivity index (χ3n) is 3.52. The molecular formula is C17H23N3S. The molecule has 112 valence electrons. The molecule has 0 saturated heterocycles.